The van der Waals surface area contributed by atoms with E-state index in [1.54, 1.807) is 11.3 Å². The lowest BCUT2D eigenvalue weighted by atomic mass is 10.3. The molecule has 0 aliphatic heterocycles. The van der Waals surface area contributed by atoms with E-state index in [9.17, 15) is 0 Å². The summed E-state index contributed by atoms with van der Waals surface area (Å²) in [5.74, 6) is 1.80. The van der Waals surface area contributed by atoms with Gasteiger partial charge in [0.1, 0.15) is 11.6 Å². The average molecular weight is 326 g/mol. The zero-order chi connectivity index (χ0) is 13.0. The standard InChI is InChI=1S/C13H16BrN3S/c1-3-6-15-12-8-10(16-11(4-2)17-12)13-9(14)5-7-18-13/h5,7-8H,3-4,6H2,1-2H3,(H,15,16,17). The number of hydrogen-bond acceptors (Lipinski definition) is 4. The van der Waals surface area contributed by atoms with Crippen molar-refractivity contribution in [1.29, 1.82) is 0 Å². The maximum Gasteiger partial charge on any atom is 0.131 e. The summed E-state index contributed by atoms with van der Waals surface area (Å²) in [6.45, 7) is 5.16. The van der Waals surface area contributed by atoms with E-state index in [-0.39, 0.29) is 0 Å². The maximum atomic E-state index is 4.59. The number of thiophene rings is 1. The van der Waals surface area contributed by atoms with E-state index in [1.807, 2.05) is 12.1 Å². The predicted octanol–water partition coefficient (Wildman–Crippen LogP) is 4.35. The van der Waals surface area contributed by atoms with Crippen molar-refractivity contribution in [2.24, 2.45) is 0 Å². The maximum absolute atomic E-state index is 4.59. The molecule has 2 aromatic heterocycles. The first-order valence-electron chi connectivity index (χ1n) is 6.09. The third kappa shape index (κ3) is 3.09. The van der Waals surface area contributed by atoms with Crippen molar-refractivity contribution in [2.45, 2.75) is 26.7 Å². The van der Waals surface area contributed by atoms with Crippen LogP contribution >= 0.6 is 27.3 Å². The molecule has 0 saturated carbocycles. The van der Waals surface area contributed by atoms with Crippen LogP contribution in [0.1, 0.15) is 26.1 Å². The van der Waals surface area contributed by atoms with E-state index in [4.69, 9.17) is 0 Å². The van der Waals surface area contributed by atoms with Crippen LogP contribution in [0.5, 0.6) is 0 Å². The molecule has 0 radical (unpaired) electrons. The Morgan fingerprint density at radius 2 is 2.17 bits per heavy atom. The molecule has 0 saturated heterocycles. The van der Waals surface area contributed by atoms with Crippen LogP contribution in [0.4, 0.5) is 5.82 Å². The van der Waals surface area contributed by atoms with Gasteiger partial charge in [0, 0.05) is 23.5 Å². The van der Waals surface area contributed by atoms with Gasteiger partial charge in [-0.25, -0.2) is 9.97 Å². The second kappa shape index (κ2) is 6.29. The van der Waals surface area contributed by atoms with Crippen molar-refractivity contribution >= 4 is 33.1 Å². The number of nitrogens with one attached hydrogen (secondary N) is 1. The number of rotatable bonds is 5. The summed E-state index contributed by atoms with van der Waals surface area (Å²) in [5, 5.41) is 5.39. The van der Waals surface area contributed by atoms with Crippen LogP contribution in [0.25, 0.3) is 10.6 Å². The number of hydrogen-bond donors (Lipinski definition) is 1. The summed E-state index contributed by atoms with van der Waals surface area (Å²) in [7, 11) is 0. The minimum atomic E-state index is 0.845. The lowest BCUT2D eigenvalue weighted by molar-refractivity contribution is 0.920. The normalized spacial score (nSPS) is 10.6. The van der Waals surface area contributed by atoms with E-state index in [1.165, 1.54) is 0 Å². The van der Waals surface area contributed by atoms with Crippen molar-refractivity contribution in [1.82, 2.24) is 9.97 Å². The molecule has 0 unspecified atom stereocenters. The first-order chi connectivity index (χ1) is 8.74. The third-order valence-electron chi connectivity index (χ3n) is 2.49. The van der Waals surface area contributed by atoms with Crippen LogP contribution in [0.3, 0.4) is 0 Å². The lowest BCUT2D eigenvalue weighted by Gasteiger charge is -2.08. The molecule has 0 aliphatic rings. The molecular formula is C13H16BrN3S. The summed E-state index contributed by atoms with van der Waals surface area (Å²) in [5.41, 5.74) is 0.988. The molecule has 2 heterocycles. The van der Waals surface area contributed by atoms with Gasteiger partial charge in [0.05, 0.1) is 10.6 Å². The zero-order valence-electron chi connectivity index (χ0n) is 10.5. The van der Waals surface area contributed by atoms with Gasteiger partial charge in [-0.1, -0.05) is 13.8 Å². The van der Waals surface area contributed by atoms with Crippen LogP contribution in [0.15, 0.2) is 22.0 Å². The van der Waals surface area contributed by atoms with Crippen molar-refractivity contribution in [3.8, 4) is 10.6 Å². The first kappa shape index (κ1) is 13.5. The van der Waals surface area contributed by atoms with Gasteiger partial charge in [0.15, 0.2) is 0 Å². The molecule has 0 amide bonds. The van der Waals surface area contributed by atoms with Crippen molar-refractivity contribution in [3.05, 3.63) is 27.8 Å². The van der Waals surface area contributed by atoms with Gasteiger partial charge >= 0.3 is 0 Å². The number of nitrogens with zero attached hydrogens (tertiary/aromatic N) is 2. The first-order valence-corrected chi connectivity index (χ1v) is 7.77. The molecule has 1 N–H and O–H groups in total. The lowest BCUT2D eigenvalue weighted by Crippen LogP contribution is -2.05. The highest BCUT2D eigenvalue weighted by Gasteiger charge is 2.09. The molecule has 5 heteroatoms. The number of aromatic nitrogens is 2. The molecule has 0 atom stereocenters. The SMILES string of the molecule is CCCNc1cc(-c2sccc2Br)nc(CC)n1. The van der Waals surface area contributed by atoms with E-state index >= 15 is 0 Å². The summed E-state index contributed by atoms with van der Waals surface area (Å²) in [4.78, 5) is 10.2. The highest BCUT2D eigenvalue weighted by Crippen LogP contribution is 2.33. The van der Waals surface area contributed by atoms with Gasteiger partial charge in [-0.15, -0.1) is 11.3 Å². The number of aryl methyl sites for hydroxylation is 1. The molecule has 3 nitrogen and oxygen atoms in total. The van der Waals surface area contributed by atoms with Crippen molar-refractivity contribution in [2.75, 3.05) is 11.9 Å². The summed E-state index contributed by atoms with van der Waals surface area (Å²) in [6, 6.07) is 4.07. The van der Waals surface area contributed by atoms with E-state index < -0.39 is 0 Å². The predicted molar refractivity (Wildman–Crippen MR) is 81.2 cm³/mol. The average Bonchev–Trinajstić information content (AvgIpc) is 2.82. The van der Waals surface area contributed by atoms with Crippen molar-refractivity contribution < 1.29 is 0 Å². The Hall–Kier alpha value is -0.940. The smallest absolute Gasteiger partial charge is 0.131 e. The fourth-order valence-electron chi connectivity index (χ4n) is 1.59. The Morgan fingerprint density at radius 3 is 2.78 bits per heavy atom. The molecule has 18 heavy (non-hydrogen) atoms. The van der Waals surface area contributed by atoms with Crippen LogP contribution < -0.4 is 5.32 Å². The Bertz CT molecular complexity index is 525. The number of anilines is 1. The highest BCUT2D eigenvalue weighted by molar-refractivity contribution is 9.10. The van der Waals surface area contributed by atoms with Gasteiger partial charge in [-0.05, 0) is 33.8 Å². The Morgan fingerprint density at radius 1 is 1.33 bits per heavy atom. The molecule has 0 aliphatic carbocycles. The summed E-state index contributed by atoms with van der Waals surface area (Å²) >= 11 is 5.25. The quantitative estimate of drug-likeness (QED) is 0.887. The third-order valence-corrected chi connectivity index (χ3v) is 4.35. The minimum Gasteiger partial charge on any atom is -0.370 e. The summed E-state index contributed by atoms with van der Waals surface area (Å²) in [6.07, 6.45) is 1.93. The van der Waals surface area contributed by atoms with Gasteiger partial charge in [-0.3, -0.25) is 0 Å². The minimum absolute atomic E-state index is 0.845. The van der Waals surface area contributed by atoms with Crippen LogP contribution in [0.2, 0.25) is 0 Å². The Balaban J connectivity index is 2.38. The molecule has 0 fully saturated rings. The highest BCUT2D eigenvalue weighted by atomic mass is 79.9. The van der Waals surface area contributed by atoms with E-state index in [0.29, 0.717) is 0 Å². The number of halogens is 1. The van der Waals surface area contributed by atoms with Crippen molar-refractivity contribution in [3.63, 3.8) is 0 Å². The molecule has 96 valence electrons. The topological polar surface area (TPSA) is 37.8 Å². The molecule has 0 spiro atoms. The second-order valence-electron chi connectivity index (χ2n) is 3.93. The monoisotopic (exact) mass is 325 g/mol. The van der Waals surface area contributed by atoms with Crippen LogP contribution in [0, 0.1) is 0 Å². The molecule has 0 bridgehead atoms. The Kier molecular flexibility index (Phi) is 4.72. The molecule has 0 aromatic carbocycles. The zero-order valence-corrected chi connectivity index (χ0v) is 12.9. The van der Waals surface area contributed by atoms with Gasteiger partial charge in [0.25, 0.3) is 0 Å². The van der Waals surface area contributed by atoms with E-state index in [2.05, 4.69) is 50.4 Å². The van der Waals surface area contributed by atoms with Gasteiger partial charge in [-0.2, -0.15) is 0 Å². The molecule has 2 rings (SSSR count). The van der Waals surface area contributed by atoms with Crippen LogP contribution in [-0.4, -0.2) is 16.5 Å². The van der Waals surface area contributed by atoms with Gasteiger partial charge in [0.2, 0.25) is 0 Å². The Labute approximate surface area is 120 Å². The fourth-order valence-corrected chi connectivity index (χ4v) is 3.13. The van der Waals surface area contributed by atoms with E-state index in [0.717, 1.165) is 46.1 Å². The fraction of sp³-hybridized carbons (Fsp3) is 0.385. The molecule has 2 aromatic rings. The largest absolute Gasteiger partial charge is 0.370 e. The van der Waals surface area contributed by atoms with Gasteiger partial charge < -0.3 is 5.32 Å². The molecular weight excluding hydrogens is 310 g/mol. The summed E-state index contributed by atoms with van der Waals surface area (Å²) < 4.78 is 1.09. The second-order valence-corrected chi connectivity index (χ2v) is 5.70. The van der Waals surface area contributed by atoms with Crippen LogP contribution in [-0.2, 0) is 6.42 Å².